The number of nitrogens with zero attached hydrogens (tertiary/aromatic N) is 1. The van der Waals surface area contributed by atoms with Crippen molar-refractivity contribution in [2.24, 2.45) is 0 Å². The molecule has 2 heterocycles. The van der Waals surface area contributed by atoms with E-state index in [1.807, 2.05) is 48.5 Å². The van der Waals surface area contributed by atoms with E-state index >= 15 is 0 Å². The Morgan fingerprint density at radius 3 is 2.41 bits per heavy atom. The van der Waals surface area contributed by atoms with Gasteiger partial charge in [-0.1, -0.05) is 53.7 Å². The second kappa shape index (κ2) is 8.99. The van der Waals surface area contributed by atoms with E-state index in [0.29, 0.717) is 6.42 Å². The molecule has 0 bridgehead atoms. The van der Waals surface area contributed by atoms with Gasteiger partial charge in [0.25, 0.3) is 5.91 Å². The van der Waals surface area contributed by atoms with E-state index in [9.17, 15) is 14.4 Å². The third-order valence-electron chi connectivity index (χ3n) is 5.96. The molecule has 5 rings (SSSR count). The van der Waals surface area contributed by atoms with Crippen molar-refractivity contribution in [3.05, 3.63) is 71.4 Å². The number of rotatable bonds is 6. The van der Waals surface area contributed by atoms with E-state index in [4.69, 9.17) is 19.1 Å². The van der Waals surface area contributed by atoms with Crippen LogP contribution < -0.4 is 10.6 Å². The van der Waals surface area contributed by atoms with Crippen LogP contribution >= 0.6 is 0 Å². The summed E-state index contributed by atoms with van der Waals surface area (Å²) in [6.07, 6.45) is -1.50. The summed E-state index contributed by atoms with van der Waals surface area (Å²) in [5, 5.41) is 17.8. The van der Waals surface area contributed by atoms with Crippen LogP contribution in [0.15, 0.2) is 59.1 Å². The fraction of sp³-hybridized carbons (Fsp3) is 0.250. The number of hydrogen-bond acceptors (Lipinski definition) is 7. The predicted octanol–water partition coefficient (Wildman–Crippen LogP) is 3.01. The molecule has 174 valence electrons. The fourth-order valence-electron chi connectivity index (χ4n) is 4.40. The van der Waals surface area contributed by atoms with Gasteiger partial charge in [-0.15, -0.1) is 0 Å². The summed E-state index contributed by atoms with van der Waals surface area (Å²) in [5.41, 5.74) is 4.31. The first-order chi connectivity index (χ1) is 16.5. The van der Waals surface area contributed by atoms with Crippen LogP contribution in [0, 0.1) is 0 Å². The van der Waals surface area contributed by atoms with Gasteiger partial charge in [-0.2, -0.15) is 0 Å². The SMILES string of the molecule is O=C(Nc1cc(C(=O)NC2CCOC2C(=O)O)no1)OCC1c2ccccc2-c2ccccc21. The van der Waals surface area contributed by atoms with E-state index < -0.39 is 30.1 Å². The van der Waals surface area contributed by atoms with Crippen molar-refractivity contribution in [2.45, 2.75) is 24.5 Å². The highest BCUT2D eigenvalue weighted by atomic mass is 16.6. The van der Waals surface area contributed by atoms with Crippen molar-refractivity contribution < 1.29 is 33.5 Å². The molecule has 3 N–H and O–H groups in total. The van der Waals surface area contributed by atoms with Crippen LogP contribution in [0.2, 0.25) is 0 Å². The molecule has 1 aromatic heterocycles. The Labute approximate surface area is 193 Å². The van der Waals surface area contributed by atoms with Crippen LogP contribution in [0.3, 0.4) is 0 Å². The molecule has 0 radical (unpaired) electrons. The standard InChI is InChI=1S/C24H21N3O7/c28-22(25-18-9-10-32-21(18)23(29)30)19-11-20(34-27-19)26-24(31)33-12-17-15-7-3-1-5-13(15)14-6-2-4-8-16(14)17/h1-8,11,17-18,21H,9-10,12H2,(H,25,28)(H,26,31)(H,29,30). The first kappa shape index (κ1) is 21.7. The van der Waals surface area contributed by atoms with E-state index in [2.05, 4.69) is 15.8 Å². The number of aromatic nitrogens is 1. The number of carboxylic acid groups (broad SMARTS) is 1. The minimum absolute atomic E-state index is 0.0696. The molecule has 1 aliphatic heterocycles. The van der Waals surface area contributed by atoms with Crippen molar-refractivity contribution >= 4 is 23.9 Å². The van der Waals surface area contributed by atoms with Crippen LogP contribution in [0.5, 0.6) is 0 Å². The number of benzene rings is 2. The highest BCUT2D eigenvalue weighted by Gasteiger charge is 2.36. The van der Waals surface area contributed by atoms with Crippen molar-refractivity contribution in [3.8, 4) is 11.1 Å². The number of ether oxygens (including phenoxy) is 2. The Morgan fingerprint density at radius 1 is 1.06 bits per heavy atom. The molecule has 0 saturated carbocycles. The number of hydrogen-bond donors (Lipinski definition) is 3. The van der Waals surface area contributed by atoms with Crippen LogP contribution in [0.25, 0.3) is 11.1 Å². The Balaban J connectivity index is 1.19. The topological polar surface area (TPSA) is 140 Å². The molecule has 0 spiro atoms. The Hall–Kier alpha value is -4.18. The second-order valence-electron chi connectivity index (χ2n) is 8.03. The van der Waals surface area contributed by atoms with Crippen LogP contribution in [0.1, 0.15) is 34.0 Å². The first-order valence-corrected chi connectivity index (χ1v) is 10.8. The molecule has 34 heavy (non-hydrogen) atoms. The molecule has 2 atom stereocenters. The van der Waals surface area contributed by atoms with Crippen LogP contribution in [-0.2, 0) is 14.3 Å². The summed E-state index contributed by atoms with van der Waals surface area (Å²) in [7, 11) is 0. The summed E-state index contributed by atoms with van der Waals surface area (Å²) in [4.78, 5) is 35.9. The maximum Gasteiger partial charge on any atom is 0.414 e. The summed E-state index contributed by atoms with van der Waals surface area (Å²) in [6, 6.07) is 16.6. The first-order valence-electron chi connectivity index (χ1n) is 10.8. The van der Waals surface area contributed by atoms with E-state index in [1.165, 1.54) is 6.07 Å². The van der Waals surface area contributed by atoms with E-state index in [0.717, 1.165) is 22.3 Å². The molecule has 1 aliphatic carbocycles. The third kappa shape index (κ3) is 4.11. The van der Waals surface area contributed by atoms with Gasteiger partial charge in [-0.3, -0.25) is 10.1 Å². The number of anilines is 1. The average molecular weight is 463 g/mol. The lowest BCUT2D eigenvalue weighted by Crippen LogP contribution is -2.44. The Bertz CT molecular complexity index is 1210. The number of carboxylic acids is 1. The minimum atomic E-state index is -1.15. The van der Waals surface area contributed by atoms with Gasteiger partial charge < -0.3 is 24.4 Å². The summed E-state index contributed by atoms with van der Waals surface area (Å²) in [5.74, 6) is -1.95. The van der Waals surface area contributed by atoms with Crippen molar-refractivity contribution in [1.82, 2.24) is 10.5 Å². The maximum atomic E-state index is 12.4. The zero-order chi connectivity index (χ0) is 23.7. The number of aliphatic carboxylic acids is 1. The van der Waals surface area contributed by atoms with E-state index in [-0.39, 0.29) is 30.7 Å². The van der Waals surface area contributed by atoms with Crippen molar-refractivity contribution in [1.29, 1.82) is 0 Å². The molecule has 2 amide bonds. The monoisotopic (exact) mass is 463 g/mol. The minimum Gasteiger partial charge on any atom is -0.479 e. The van der Waals surface area contributed by atoms with Crippen molar-refractivity contribution in [2.75, 3.05) is 18.5 Å². The number of fused-ring (bicyclic) bond motifs is 3. The fourth-order valence-corrected chi connectivity index (χ4v) is 4.40. The highest BCUT2D eigenvalue weighted by molar-refractivity contribution is 5.94. The lowest BCUT2D eigenvalue weighted by atomic mass is 9.98. The van der Waals surface area contributed by atoms with Gasteiger partial charge in [-0.05, 0) is 28.7 Å². The number of amides is 2. The van der Waals surface area contributed by atoms with Gasteiger partial charge in [0.2, 0.25) is 5.88 Å². The molecule has 3 aromatic rings. The molecular formula is C24H21N3O7. The number of carbonyl (C=O) groups excluding carboxylic acids is 2. The molecule has 10 heteroatoms. The number of nitrogens with one attached hydrogen (secondary N) is 2. The molecule has 2 aliphatic rings. The zero-order valence-electron chi connectivity index (χ0n) is 17.9. The molecular weight excluding hydrogens is 442 g/mol. The zero-order valence-corrected chi connectivity index (χ0v) is 17.9. The number of carbonyl (C=O) groups is 3. The van der Waals surface area contributed by atoms with Crippen LogP contribution in [0.4, 0.5) is 10.7 Å². The van der Waals surface area contributed by atoms with Crippen molar-refractivity contribution in [3.63, 3.8) is 0 Å². The molecule has 2 unspecified atom stereocenters. The Morgan fingerprint density at radius 2 is 1.74 bits per heavy atom. The molecule has 2 aromatic carbocycles. The van der Waals surface area contributed by atoms with Gasteiger partial charge in [0.15, 0.2) is 11.8 Å². The normalized spacial score (nSPS) is 18.7. The van der Waals surface area contributed by atoms with Gasteiger partial charge in [0.1, 0.15) is 6.61 Å². The van der Waals surface area contributed by atoms with Crippen LogP contribution in [-0.4, -0.2) is 53.6 Å². The second-order valence-corrected chi connectivity index (χ2v) is 8.03. The largest absolute Gasteiger partial charge is 0.479 e. The van der Waals surface area contributed by atoms with Gasteiger partial charge in [-0.25, -0.2) is 9.59 Å². The molecule has 1 saturated heterocycles. The molecule has 10 nitrogen and oxygen atoms in total. The van der Waals surface area contributed by atoms with E-state index in [1.54, 1.807) is 0 Å². The summed E-state index contributed by atoms with van der Waals surface area (Å²) < 4.78 is 15.6. The quantitative estimate of drug-likeness (QED) is 0.507. The lowest BCUT2D eigenvalue weighted by molar-refractivity contribution is -0.148. The Kier molecular flexibility index (Phi) is 5.72. The smallest absolute Gasteiger partial charge is 0.414 e. The lowest BCUT2D eigenvalue weighted by Gasteiger charge is -2.15. The average Bonchev–Trinajstić information content (AvgIpc) is 3.56. The summed E-state index contributed by atoms with van der Waals surface area (Å²) in [6.45, 7) is 0.356. The third-order valence-corrected chi connectivity index (χ3v) is 5.96. The summed E-state index contributed by atoms with van der Waals surface area (Å²) >= 11 is 0. The maximum absolute atomic E-state index is 12.4. The highest BCUT2D eigenvalue weighted by Crippen LogP contribution is 2.44. The van der Waals surface area contributed by atoms with Gasteiger partial charge in [0, 0.05) is 18.6 Å². The van der Waals surface area contributed by atoms with Gasteiger partial charge in [0.05, 0.1) is 6.04 Å². The predicted molar refractivity (Wildman–Crippen MR) is 118 cm³/mol. The molecule has 1 fully saturated rings. The van der Waals surface area contributed by atoms with Gasteiger partial charge >= 0.3 is 12.1 Å².